The van der Waals surface area contributed by atoms with Crippen molar-refractivity contribution in [2.75, 3.05) is 13.1 Å². The van der Waals surface area contributed by atoms with Crippen molar-refractivity contribution >= 4 is 5.91 Å². The molecule has 0 radical (unpaired) electrons. The minimum absolute atomic E-state index is 0.0924. The van der Waals surface area contributed by atoms with E-state index in [0.29, 0.717) is 11.3 Å². The highest BCUT2D eigenvalue weighted by Crippen LogP contribution is 2.20. The molecule has 0 spiro atoms. The van der Waals surface area contributed by atoms with Gasteiger partial charge in [-0.25, -0.2) is 4.98 Å². The largest absolute Gasteiger partial charge is 0.339 e. The summed E-state index contributed by atoms with van der Waals surface area (Å²) < 4.78 is 0. The molecule has 124 valence electrons. The number of amides is 1. The molecule has 1 amide bonds. The zero-order valence-electron chi connectivity index (χ0n) is 14.3. The lowest BCUT2D eigenvalue weighted by molar-refractivity contribution is 0.0753. The molecule has 0 saturated carbocycles. The summed E-state index contributed by atoms with van der Waals surface area (Å²) in [7, 11) is 0. The summed E-state index contributed by atoms with van der Waals surface area (Å²) in [5, 5.41) is 8.80. The van der Waals surface area contributed by atoms with E-state index in [2.05, 4.69) is 18.8 Å². The number of carbonyl (C=O) groups excluding carboxylic acids is 1. The van der Waals surface area contributed by atoms with Crippen molar-refractivity contribution in [1.82, 2.24) is 9.88 Å². The number of carbonyl (C=O) groups is 1. The Labute approximate surface area is 143 Å². The predicted octanol–water partition coefficient (Wildman–Crippen LogP) is 4.27. The molecular formula is C20H23N3O. The number of pyridine rings is 1. The van der Waals surface area contributed by atoms with E-state index < -0.39 is 0 Å². The third-order valence-electron chi connectivity index (χ3n) is 3.91. The maximum absolute atomic E-state index is 12.6. The highest BCUT2D eigenvalue weighted by molar-refractivity contribution is 5.94. The van der Waals surface area contributed by atoms with Gasteiger partial charge in [0.05, 0.1) is 0 Å². The lowest BCUT2D eigenvalue weighted by atomic mass is 10.0. The molecule has 0 aliphatic carbocycles. The van der Waals surface area contributed by atoms with E-state index in [0.717, 1.165) is 43.5 Å². The molecule has 0 fully saturated rings. The third-order valence-corrected chi connectivity index (χ3v) is 3.91. The summed E-state index contributed by atoms with van der Waals surface area (Å²) in [6, 6.07) is 13.2. The van der Waals surface area contributed by atoms with Gasteiger partial charge in [-0.1, -0.05) is 32.4 Å². The quantitative estimate of drug-likeness (QED) is 0.765. The molecule has 2 aromatic rings. The van der Waals surface area contributed by atoms with Gasteiger partial charge in [-0.05, 0) is 42.7 Å². The molecule has 1 aromatic heterocycles. The fourth-order valence-electron chi connectivity index (χ4n) is 2.55. The van der Waals surface area contributed by atoms with E-state index in [1.807, 2.05) is 41.3 Å². The first-order chi connectivity index (χ1) is 11.7. The number of rotatable bonds is 7. The maximum atomic E-state index is 12.6. The van der Waals surface area contributed by atoms with Crippen molar-refractivity contribution in [2.24, 2.45) is 0 Å². The number of nitriles is 1. The van der Waals surface area contributed by atoms with Crippen LogP contribution in [0.2, 0.25) is 0 Å². The van der Waals surface area contributed by atoms with E-state index in [4.69, 9.17) is 5.26 Å². The molecule has 0 unspecified atom stereocenters. The Kier molecular flexibility index (Phi) is 6.51. The van der Waals surface area contributed by atoms with Crippen LogP contribution in [-0.2, 0) is 0 Å². The molecular weight excluding hydrogens is 298 g/mol. The van der Waals surface area contributed by atoms with Gasteiger partial charge < -0.3 is 4.90 Å². The molecule has 0 aliphatic rings. The lowest BCUT2D eigenvalue weighted by Crippen LogP contribution is -2.32. The van der Waals surface area contributed by atoms with Crippen LogP contribution in [0.15, 0.2) is 42.6 Å². The maximum Gasteiger partial charge on any atom is 0.253 e. The standard InChI is InChI=1S/C20H23N3O/c1-3-5-13-23(12-4-2)20(24)17-8-6-16(7-9-17)18-10-11-19(14-21)22-15-18/h6-11,15H,3-5,12-13H2,1-2H3. The Bertz CT molecular complexity index is 699. The van der Waals surface area contributed by atoms with Crippen molar-refractivity contribution in [3.05, 3.63) is 53.9 Å². The average Bonchev–Trinajstić information content (AvgIpc) is 2.65. The summed E-state index contributed by atoms with van der Waals surface area (Å²) in [4.78, 5) is 18.7. The van der Waals surface area contributed by atoms with Crippen LogP contribution in [0.5, 0.6) is 0 Å². The summed E-state index contributed by atoms with van der Waals surface area (Å²) in [6.07, 6.45) is 4.75. The van der Waals surface area contributed by atoms with Crippen LogP contribution in [0.3, 0.4) is 0 Å². The summed E-state index contributed by atoms with van der Waals surface area (Å²) in [5.74, 6) is 0.0924. The van der Waals surface area contributed by atoms with Gasteiger partial charge in [0, 0.05) is 30.4 Å². The van der Waals surface area contributed by atoms with Gasteiger partial charge in [-0.2, -0.15) is 5.26 Å². The van der Waals surface area contributed by atoms with Gasteiger partial charge in [-0.15, -0.1) is 0 Å². The lowest BCUT2D eigenvalue weighted by Gasteiger charge is -2.22. The van der Waals surface area contributed by atoms with Gasteiger partial charge in [0.15, 0.2) is 0 Å². The minimum Gasteiger partial charge on any atom is -0.339 e. The van der Waals surface area contributed by atoms with E-state index >= 15 is 0 Å². The monoisotopic (exact) mass is 321 g/mol. The molecule has 4 nitrogen and oxygen atoms in total. The second-order valence-corrected chi connectivity index (χ2v) is 5.77. The molecule has 0 bridgehead atoms. The van der Waals surface area contributed by atoms with E-state index in [-0.39, 0.29) is 5.91 Å². The molecule has 4 heteroatoms. The van der Waals surface area contributed by atoms with E-state index in [1.165, 1.54) is 0 Å². The molecule has 24 heavy (non-hydrogen) atoms. The van der Waals surface area contributed by atoms with Gasteiger partial charge in [0.1, 0.15) is 11.8 Å². The topological polar surface area (TPSA) is 57.0 Å². The Balaban J connectivity index is 2.14. The fourth-order valence-corrected chi connectivity index (χ4v) is 2.55. The van der Waals surface area contributed by atoms with Crippen molar-refractivity contribution in [2.45, 2.75) is 33.1 Å². The van der Waals surface area contributed by atoms with Gasteiger partial charge in [-0.3, -0.25) is 4.79 Å². The minimum atomic E-state index is 0.0924. The Morgan fingerprint density at radius 3 is 2.29 bits per heavy atom. The Hall–Kier alpha value is -2.67. The number of benzene rings is 1. The molecule has 0 aliphatic heterocycles. The average molecular weight is 321 g/mol. The summed E-state index contributed by atoms with van der Waals surface area (Å²) in [5.41, 5.74) is 3.03. The Morgan fingerprint density at radius 1 is 1.04 bits per heavy atom. The molecule has 0 saturated heterocycles. The van der Waals surface area contributed by atoms with Crippen molar-refractivity contribution in [3.63, 3.8) is 0 Å². The van der Waals surface area contributed by atoms with Gasteiger partial charge >= 0.3 is 0 Å². The normalized spacial score (nSPS) is 10.2. The first kappa shape index (κ1) is 17.7. The van der Waals surface area contributed by atoms with Crippen LogP contribution in [0, 0.1) is 11.3 Å². The van der Waals surface area contributed by atoms with Crippen LogP contribution in [0.1, 0.15) is 49.2 Å². The number of unbranched alkanes of at least 4 members (excludes halogenated alkanes) is 1. The summed E-state index contributed by atoms with van der Waals surface area (Å²) in [6.45, 7) is 5.83. The van der Waals surface area contributed by atoms with E-state index in [1.54, 1.807) is 12.3 Å². The number of hydrogen-bond acceptors (Lipinski definition) is 3. The third kappa shape index (κ3) is 4.42. The highest BCUT2D eigenvalue weighted by atomic mass is 16.2. The van der Waals surface area contributed by atoms with Crippen molar-refractivity contribution in [1.29, 1.82) is 5.26 Å². The van der Waals surface area contributed by atoms with E-state index in [9.17, 15) is 4.79 Å². The van der Waals surface area contributed by atoms with Crippen LogP contribution >= 0.6 is 0 Å². The van der Waals surface area contributed by atoms with Crippen LogP contribution in [0.4, 0.5) is 0 Å². The summed E-state index contributed by atoms with van der Waals surface area (Å²) >= 11 is 0. The zero-order chi connectivity index (χ0) is 17.4. The smallest absolute Gasteiger partial charge is 0.253 e. The van der Waals surface area contributed by atoms with Crippen LogP contribution < -0.4 is 0 Å². The van der Waals surface area contributed by atoms with Crippen molar-refractivity contribution in [3.8, 4) is 17.2 Å². The zero-order valence-corrected chi connectivity index (χ0v) is 14.3. The van der Waals surface area contributed by atoms with Gasteiger partial charge in [0.25, 0.3) is 5.91 Å². The molecule has 0 atom stereocenters. The first-order valence-corrected chi connectivity index (χ1v) is 8.45. The molecule has 1 aromatic carbocycles. The van der Waals surface area contributed by atoms with Gasteiger partial charge in [0.2, 0.25) is 0 Å². The second-order valence-electron chi connectivity index (χ2n) is 5.77. The Morgan fingerprint density at radius 2 is 1.75 bits per heavy atom. The second kappa shape index (κ2) is 8.83. The van der Waals surface area contributed by atoms with Crippen molar-refractivity contribution < 1.29 is 4.79 Å². The predicted molar refractivity (Wildman–Crippen MR) is 95.5 cm³/mol. The number of hydrogen-bond donors (Lipinski definition) is 0. The number of nitrogens with zero attached hydrogens (tertiary/aromatic N) is 3. The molecule has 0 N–H and O–H groups in total. The molecule has 2 rings (SSSR count). The number of aromatic nitrogens is 1. The fraction of sp³-hybridized carbons (Fsp3) is 0.350. The highest BCUT2D eigenvalue weighted by Gasteiger charge is 2.14. The first-order valence-electron chi connectivity index (χ1n) is 8.45. The molecule has 1 heterocycles. The van der Waals surface area contributed by atoms with Crippen LogP contribution in [0.25, 0.3) is 11.1 Å². The SMILES string of the molecule is CCCCN(CCC)C(=O)c1ccc(-c2ccc(C#N)nc2)cc1. The van der Waals surface area contributed by atoms with Crippen LogP contribution in [-0.4, -0.2) is 28.9 Å².